The molecule has 0 heterocycles. The highest BCUT2D eigenvalue weighted by Gasteiger charge is 2.05. The maximum atomic E-state index is 5.26. The fraction of sp³-hybridized carbons (Fsp3) is 0.294. The summed E-state index contributed by atoms with van der Waals surface area (Å²) in [7, 11) is 1.68. The van der Waals surface area contributed by atoms with E-state index in [1.165, 1.54) is 22.3 Å². The molecular formula is C17H20BrNO. The third-order valence-electron chi connectivity index (χ3n) is 3.60. The van der Waals surface area contributed by atoms with Gasteiger partial charge in [-0.3, -0.25) is 0 Å². The molecule has 2 aromatic rings. The van der Waals surface area contributed by atoms with Crippen molar-refractivity contribution in [1.29, 1.82) is 0 Å². The minimum atomic E-state index is 0.804. The number of aryl methyl sites for hydroxylation is 3. The molecule has 2 rings (SSSR count). The smallest absolute Gasteiger partial charge is 0.121 e. The van der Waals surface area contributed by atoms with Crippen molar-refractivity contribution in [2.24, 2.45) is 0 Å². The lowest BCUT2D eigenvalue weighted by molar-refractivity contribution is 0.415. The molecular weight excluding hydrogens is 314 g/mol. The fourth-order valence-electron chi connectivity index (χ4n) is 2.17. The van der Waals surface area contributed by atoms with Crippen molar-refractivity contribution >= 4 is 21.6 Å². The van der Waals surface area contributed by atoms with E-state index < -0.39 is 0 Å². The Kier molecular flexibility index (Phi) is 4.71. The molecule has 0 aliphatic heterocycles. The van der Waals surface area contributed by atoms with Gasteiger partial charge in [0.2, 0.25) is 0 Å². The first-order valence-electron chi connectivity index (χ1n) is 6.65. The number of hydrogen-bond donors (Lipinski definition) is 1. The number of rotatable bonds is 4. The molecule has 0 bridgehead atoms. The Morgan fingerprint density at radius 1 is 1.00 bits per heavy atom. The molecule has 106 valence electrons. The molecule has 2 aromatic carbocycles. The first-order valence-corrected chi connectivity index (χ1v) is 7.44. The predicted octanol–water partition coefficient (Wildman–Crippen LogP) is 5.00. The summed E-state index contributed by atoms with van der Waals surface area (Å²) in [5.41, 5.74) is 6.36. The van der Waals surface area contributed by atoms with Crippen molar-refractivity contribution in [3.8, 4) is 5.75 Å². The van der Waals surface area contributed by atoms with E-state index in [0.29, 0.717) is 0 Å². The molecule has 2 nitrogen and oxygen atoms in total. The van der Waals surface area contributed by atoms with Gasteiger partial charge in [0.25, 0.3) is 0 Å². The molecule has 0 saturated heterocycles. The zero-order chi connectivity index (χ0) is 14.7. The van der Waals surface area contributed by atoms with Crippen LogP contribution in [0.3, 0.4) is 0 Å². The zero-order valence-electron chi connectivity index (χ0n) is 12.4. The maximum Gasteiger partial charge on any atom is 0.121 e. The molecule has 20 heavy (non-hydrogen) atoms. The monoisotopic (exact) mass is 333 g/mol. The first-order chi connectivity index (χ1) is 9.51. The summed E-state index contributed by atoms with van der Waals surface area (Å²) in [5.74, 6) is 0.854. The van der Waals surface area contributed by atoms with Crippen LogP contribution in [0.2, 0.25) is 0 Å². The lowest BCUT2D eigenvalue weighted by Gasteiger charge is -2.13. The molecule has 0 aliphatic carbocycles. The van der Waals surface area contributed by atoms with Crippen LogP contribution in [-0.4, -0.2) is 7.11 Å². The van der Waals surface area contributed by atoms with Gasteiger partial charge in [-0.05, 0) is 71.1 Å². The SMILES string of the molecule is COc1ccc(Br)c(NCc2cc(C)c(C)cc2C)c1. The predicted molar refractivity (Wildman–Crippen MR) is 88.7 cm³/mol. The van der Waals surface area contributed by atoms with Gasteiger partial charge in [0.1, 0.15) is 5.75 Å². The Bertz CT molecular complexity index is 623. The Labute approximate surface area is 129 Å². The summed E-state index contributed by atoms with van der Waals surface area (Å²) in [5, 5.41) is 3.46. The molecule has 0 aliphatic rings. The lowest BCUT2D eigenvalue weighted by Crippen LogP contribution is -2.03. The summed E-state index contributed by atoms with van der Waals surface area (Å²) in [4.78, 5) is 0. The van der Waals surface area contributed by atoms with Crippen LogP contribution in [0.1, 0.15) is 22.3 Å². The molecule has 1 N–H and O–H groups in total. The highest BCUT2D eigenvalue weighted by Crippen LogP contribution is 2.28. The molecule has 0 aromatic heterocycles. The number of benzene rings is 2. The van der Waals surface area contributed by atoms with Gasteiger partial charge in [-0.1, -0.05) is 12.1 Å². The second-order valence-electron chi connectivity index (χ2n) is 5.06. The average molecular weight is 334 g/mol. The standard InChI is InChI=1S/C17H20BrNO/c1-11-7-13(3)14(8-12(11)2)10-19-17-9-15(20-4)5-6-16(17)18/h5-9,19H,10H2,1-4H3. The molecule has 0 radical (unpaired) electrons. The van der Waals surface area contributed by atoms with E-state index in [9.17, 15) is 0 Å². The molecule has 0 unspecified atom stereocenters. The van der Waals surface area contributed by atoms with Crippen LogP contribution in [0.25, 0.3) is 0 Å². The van der Waals surface area contributed by atoms with Gasteiger partial charge in [-0.15, -0.1) is 0 Å². The molecule has 0 fully saturated rings. The van der Waals surface area contributed by atoms with Gasteiger partial charge in [-0.2, -0.15) is 0 Å². The highest BCUT2D eigenvalue weighted by atomic mass is 79.9. The number of hydrogen-bond acceptors (Lipinski definition) is 2. The van der Waals surface area contributed by atoms with Crippen molar-refractivity contribution in [2.75, 3.05) is 12.4 Å². The van der Waals surface area contributed by atoms with Gasteiger partial charge in [-0.25, -0.2) is 0 Å². The van der Waals surface area contributed by atoms with Crippen LogP contribution in [0, 0.1) is 20.8 Å². The van der Waals surface area contributed by atoms with Crippen molar-refractivity contribution < 1.29 is 4.74 Å². The third kappa shape index (κ3) is 3.34. The number of halogens is 1. The Hall–Kier alpha value is -1.48. The minimum Gasteiger partial charge on any atom is -0.497 e. The van der Waals surface area contributed by atoms with E-state index >= 15 is 0 Å². The number of anilines is 1. The highest BCUT2D eigenvalue weighted by molar-refractivity contribution is 9.10. The van der Waals surface area contributed by atoms with E-state index in [2.05, 4.69) is 54.2 Å². The molecule has 0 saturated carbocycles. The molecule has 0 spiro atoms. The maximum absolute atomic E-state index is 5.26. The van der Waals surface area contributed by atoms with Crippen LogP contribution in [0.4, 0.5) is 5.69 Å². The summed E-state index contributed by atoms with van der Waals surface area (Å²) in [6.45, 7) is 7.26. The van der Waals surface area contributed by atoms with E-state index in [-0.39, 0.29) is 0 Å². The second kappa shape index (κ2) is 6.31. The summed E-state index contributed by atoms with van der Waals surface area (Å²) >= 11 is 3.56. The normalized spacial score (nSPS) is 10.4. The van der Waals surface area contributed by atoms with Gasteiger partial charge in [0, 0.05) is 17.1 Å². The summed E-state index contributed by atoms with van der Waals surface area (Å²) in [6, 6.07) is 10.4. The van der Waals surface area contributed by atoms with Crippen LogP contribution >= 0.6 is 15.9 Å². The van der Waals surface area contributed by atoms with Crippen molar-refractivity contribution in [3.05, 3.63) is 57.1 Å². The topological polar surface area (TPSA) is 21.3 Å². The number of methoxy groups -OCH3 is 1. The van der Waals surface area contributed by atoms with Crippen LogP contribution in [0.15, 0.2) is 34.8 Å². The quantitative estimate of drug-likeness (QED) is 0.850. The van der Waals surface area contributed by atoms with Crippen LogP contribution in [0.5, 0.6) is 5.75 Å². The van der Waals surface area contributed by atoms with Crippen LogP contribution < -0.4 is 10.1 Å². The Morgan fingerprint density at radius 3 is 2.40 bits per heavy atom. The van der Waals surface area contributed by atoms with E-state index in [1.807, 2.05) is 18.2 Å². The van der Waals surface area contributed by atoms with Gasteiger partial charge in [0.15, 0.2) is 0 Å². The average Bonchev–Trinajstić information content (AvgIpc) is 2.43. The lowest BCUT2D eigenvalue weighted by atomic mass is 10.0. The van der Waals surface area contributed by atoms with E-state index in [0.717, 1.165) is 22.5 Å². The Morgan fingerprint density at radius 2 is 1.70 bits per heavy atom. The molecule has 0 amide bonds. The van der Waals surface area contributed by atoms with E-state index in [4.69, 9.17) is 4.74 Å². The van der Waals surface area contributed by atoms with Gasteiger partial charge in [0.05, 0.1) is 12.8 Å². The van der Waals surface area contributed by atoms with E-state index in [1.54, 1.807) is 7.11 Å². The van der Waals surface area contributed by atoms with Crippen molar-refractivity contribution in [2.45, 2.75) is 27.3 Å². The molecule has 0 atom stereocenters. The zero-order valence-corrected chi connectivity index (χ0v) is 14.0. The molecule has 3 heteroatoms. The minimum absolute atomic E-state index is 0.804. The second-order valence-corrected chi connectivity index (χ2v) is 5.92. The fourth-order valence-corrected chi connectivity index (χ4v) is 2.55. The number of ether oxygens (including phenoxy) is 1. The van der Waals surface area contributed by atoms with Crippen molar-refractivity contribution in [1.82, 2.24) is 0 Å². The summed E-state index contributed by atoms with van der Waals surface area (Å²) < 4.78 is 6.30. The van der Waals surface area contributed by atoms with Gasteiger partial charge >= 0.3 is 0 Å². The third-order valence-corrected chi connectivity index (χ3v) is 4.29. The first kappa shape index (κ1) is 14.9. The summed E-state index contributed by atoms with van der Waals surface area (Å²) in [6.07, 6.45) is 0. The van der Waals surface area contributed by atoms with Crippen molar-refractivity contribution in [3.63, 3.8) is 0 Å². The Balaban J connectivity index is 2.18. The van der Waals surface area contributed by atoms with Gasteiger partial charge < -0.3 is 10.1 Å². The number of nitrogens with one attached hydrogen (secondary N) is 1. The van der Waals surface area contributed by atoms with Crippen LogP contribution in [-0.2, 0) is 6.54 Å². The largest absolute Gasteiger partial charge is 0.497 e.